The van der Waals surface area contributed by atoms with Gasteiger partial charge in [-0.2, -0.15) is 0 Å². The van der Waals surface area contributed by atoms with Crippen molar-refractivity contribution in [2.45, 2.75) is 0 Å². The predicted molar refractivity (Wildman–Crippen MR) is 89.1 cm³/mol. The number of para-hydroxylation sites is 1. The van der Waals surface area contributed by atoms with Crippen LogP contribution in [0.15, 0.2) is 58.2 Å². The lowest BCUT2D eigenvalue weighted by atomic mass is 10.2. The van der Waals surface area contributed by atoms with E-state index in [0.29, 0.717) is 10.6 Å². The molecule has 1 heterocycles. The second-order valence-electron chi connectivity index (χ2n) is 4.69. The quantitative estimate of drug-likeness (QED) is 0.707. The maximum Gasteiger partial charge on any atom is 0.258 e. The molecule has 0 unspecified atom stereocenters. The average Bonchev–Trinajstić information content (AvgIpc) is 3.01. The summed E-state index contributed by atoms with van der Waals surface area (Å²) in [7, 11) is 0. The Bertz CT molecular complexity index is 908. The van der Waals surface area contributed by atoms with Crippen LogP contribution in [-0.2, 0) is 0 Å². The Balaban J connectivity index is 1.80. The highest BCUT2D eigenvalue weighted by Crippen LogP contribution is 2.23. The third-order valence-electron chi connectivity index (χ3n) is 3.08. The Hall–Kier alpha value is -3.19. The summed E-state index contributed by atoms with van der Waals surface area (Å²) >= 11 is 5.98. The first kappa shape index (κ1) is 15.7. The lowest BCUT2D eigenvalue weighted by molar-refractivity contribution is 0.102. The second-order valence-corrected chi connectivity index (χ2v) is 5.09. The van der Waals surface area contributed by atoms with Crippen molar-refractivity contribution in [3.05, 3.63) is 64.7 Å². The van der Waals surface area contributed by atoms with Crippen molar-refractivity contribution >= 4 is 35.4 Å². The van der Waals surface area contributed by atoms with Crippen LogP contribution in [0.5, 0.6) is 5.75 Å². The summed E-state index contributed by atoms with van der Waals surface area (Å²) in [5.41, 5.74) is 0.779. The largest absolute Gasteiger partial charge is 0.507 e. The number of phenols is 1. The molecule has 0 saturated heterocycles. The lowest BCUT2D eigenvalue weighted by Gasteiger charge is -2.03. The molecule has 1 amide bonds. The van der Waals surface area contributed by atoms with Crippen molar-refractivity contribution in [3.63, 3.8) is 0 Å². The van der Waals surface area contributed by atoms with Crippen LogP contribution < -0.4 is 5.32 Å². The Morgan fingerprint density at radius 3 is 2.71 bits per heavy atom. The number of hydrogen-bond acceptors (Lipinski definition) is 6. The van der Waals surface area contributed by atoms with Gasteiger partial charge in [-0.15, -0.1) is 0 Å². The number of aliphatic imine (C=N–C) groups is 1. The van der Waals surface area contributed by atoms with Gasteiger partial charge in [0, 0.05) is 11.8 Å². The summed E-state index contributed by atoms with van der Waals surface area (Å²) in [5.74, 6) is -0.278. The molecule has 24 heavy (non-hydrogen) atoms. The molecule has 0 fully saturated rings. The van der Waals surface area contributed by atoms with Gasteiger partial charge in [0.25, 0.3) is 5.91 Å². The highest BCUT2D eigenvalue weighted by Gasteiger charge is 2.15. The van der Waals surface area contributed by atoms with E-state index in [0.717, 1.165) is 0 Å². The number of amides is 1. The van der Waals surface area contributed by atoms with Gasteiger partial charge in [0.2, 0.25) is 11.6 Å². The molecule has 8 heteroatoms. The SMILES string of the molecule is O=C(Nc1nonc1N=Cc1ccccc1O)c1ccccc1Cl. The fourth-order valence-corrected chi connectivity index (χ4v) is 2.12. The Morgan fingerprint density at radius 1 is 1.17 bits per heavy atom. The van der Waals surface area contributed by atoms with Crippen molar-refractivity contribution < 1.29 is 14.5 Å². The third-order valence-corrected chi connectivity index (χ3v) is 3.41. The van der Waals surface area contributed by atoms with Crippen molar-refractivity contribution in [1.29, 1.82) is 0 Å². The Morgan fingerprint density at radius 2 is 1.92 bits per heavy atom. The molecule has 0 aliphatic carbocycles. The molecule has 0 aliphatic rings. The first-order chi connectivity index (χ1) is 11.6. The van der Waals surface area contributed by atoms with Crippen LogP contribution in [0.25, 0.3) is 0 Å². The van der Waals surface area contributed by atoms with Crippen molar-refractivity contribution in [2.24, 2.45) is 4.99 Å². The third kappa shape index (κ3) is 3.41. The summed E-state index contributed by atoms with van der Waals surface area (Å²) in [6, 6.07) is 13.3. The molecule has 0 bridgehead atoms. The molecule has 2 aromatic carbocycles. The monoisotopic (exact) mass is 342 g/mol. The number of carbonyl (C=O) groups is 1. The Labute approximate surface area is 141 Å². The number of nitrogens with zero attached hydrogens (tertiary/aromatic N) is 3. The maximum absolute atomic E-state index is 12.2. The van der Waals surface area contributed by atoms with E-state index < -0.39 is 5.91 Å². The van der Waals surface area contributed by atoms with Gasteiger partial charge in [-0.25, -0.2) is 9.62 Å². The number of phenolic OH excluding ortho intramolecular Hbond substituents is 1. The molecule has 0 radical (unpaired) electrons. The minimum absolute atomic E-state index is 0.0478. The smallest absolute Gasteiger partial charge is 0.258 e. The van der Waals surface area contributed by atoms with Crippen LogP contribution >= 0.6 is 11.6 Å². The molecule has 1 aromatic heterocycles. The van der Waals surface area contributed by atoms with Gasteiger partial charge in [-0.1, -0.05) is 35.9 Å². The molecule has 3 aromatic rings. The minimum atomic E-state index is -0.463. The molecular weight excluding hydrogens is 332 g/mol. The summed E-state index contributed by atoms with van der Waals surface area (Å²) in [6.45, 7) is 0. The van der Waals surface area contributed by atoms with Gasteiger partial charge in [0.1, 0.15) is 5.75 Å². The number of aromatic nitrogens is 2. The number of anilines is 1. The van der Waals surface area contributed by atoms with Crippen LogP contribution in [0.4, 0.5) is 11.6 Å². The van der Waals surface area contributed by atoms with Gasteiger partial charge in [-0.3, -0.25) is 4.79 Å². The molecule has 0 aliphatic heterocycles. The molecule has 0 spiro atoms. The Kier molecular flexibility index (Phi) is 4.53. The van der Waals surface area contributed by atoms with E-state index in [1.54, 1.807) is 42.5 Å². The van der Waals surface area contributed by atoms with Gasteiger partial charge in [0.05, 0.1) is 10.6 Å². The predicted octanol–water partition coefficient (Wildman–Crippen LogP) is 3.43. The highest BCUT2D eigenvalue weighted by atomic mass is 35.5. The molecule has 7 nitrogen and oxygen atoms in total. The molecule has 0 saturated carbocycles. The zero-order valence-electron chi connectivity index (χ0n) is 12.2. The zero-order valence-corrected chi connectivity index (χ0v) is 12.9. The number of benzene rings is 2. The summed E-state index contributed by atoms with van der Waals surface area (Å²) in [6.07, 6.45) is 1.39. The van der Waals surface area contributed by atoms with E-state index in [1.165, 1.54) is 12.3 Å². The molecule has 2 N–H and O–H groups in total. The highest BCUT2D eigenvalue weighted by molar-refractivity contribution is 6.34. The molecule has 3 rings (SSSR count). The number of halogens is 1. The van der Waals surface area contributed by atoms with E-state index in [1.807, 2.05) is 0 Å². The van der Waals surface area contributed by atoms with Gasteiger partial charge < -0.3 is 10.4 Å². The van der Waals surface area contributed by atoms with Crippen molar-refractivity contribution in [1.82, 2.24) is 10.3 Å². The van der Waals surface area contributed by atoms with E-state index in [9.17, 15) is 9.90 Å². The standard InChI is InChI=1S/C16H11ClN4O3/c17-12-7-3-2-6-11(12)16(23)19-15-14(20-24-21-15)18-9-10-5-1-4-8-13(10)22/h1-9,22H,(H,19,21,23). The van der Waals surface area contributed by atoms with Gasteiger partial charge >= 0.3 is 0 Å². The number of rotatable bonds is 4. The molecular formula is C16H11ClN4O3. The zero-order chi connectivity index (χ0) is 16.9. The van der Waals surface area contributed by atoms with Crippen molar-refractivity contribution in [2.75, 3.05) is 5.32 Å². The van der Waals surface area contributed by atoms with Crippen molar-refractivity contribution in [3.8, 4) is 5.75 Å². The number of hydrogen-bond donors (Lipinski definition) is 2. The fourth-order valence-electron chi connectivity index (χ4n) is 1.90. The van der Waals surface area contributed by atoms with E-state index in [2.05, 4.69) is 25.3 Å². The van der Waals surface area contributed by atoms with E-state index >= 15 is 0 Å². The van der Waals surface area contributed by atoms with Crippen LogP contribution in [0, 0.1) is 0 Å². The second kappa shape index (κ2) is 6.93. The van der Waals surface area contributed by atoms with Crippen LogP contribution in [0.2, 0.25) is 5.02 Å². The summed E-state index contributed by atoms with van der Waals surface area (Å²) < 4.78 is 4.61. The number of aromatic hydroxyl groups is 1. The van der Waals surface area contributed by atoms with Crippen LogP contribution in [-0.4, -0.2) is 27.5 Å². The number of nitrogens with one attached hydrogen (secondary N) is 1. The number of carbonyl (C=O) groups excluding carboxylic acids is 1. The van der Waals surface area contributed by atoms with Gasteiger partial charge in [-0.05, 0) is 34.6 Å². The van der Waals surface area contributed by atoms with Crippen LogP contribution in [0.3, 0.4) is 0 Å². The molecule has 0 atom stereocenters. The maximum atomic E-state index is 12.2. The van der Waals surface area contributed by atoms with E-state index in [-0.39, 0.29) is 22.9 Å². The normalized spacial score (nSPS) is 10.9. The average molecular weight is 343 g/mol. The first-order valence-electron chi connectivity index (χ1n) is 6.85. The minimum Gasteiger partial charge on any atom is -0.507 e. The topological polar surface area (TPSA) is 101 Å². The fraction of sp³-hybridized carbons (Fsp3) is 0. The van der Waals surface area contributed by atoms with Gasteiger partial charge in [0.15, 0.2) is 0 Å². The lowest BCUT2D eigenvalue weighted by Crippen LogP contribution is -2.12. The first-order valence-corrected chi connectivity index (χ1v) is 7.23. The summed E-state index contributed by atoms with van der Waals surface area (Å²) in [5, 5.41) is 19.8. The van der Waals surface area contributed by atoms with E-state index in [4.69, 9.17) is 11.6 Å². The summed E-state index contributed by atoms with van der Waals surface area (Å²) in [4.78, 5) is 16.3. The van der Waals surface area contributed by atoms with Crippen LogP contribution in [0.1, 0.15) is 15.9 Å². The molecule has 120 valence electrons.